The Morgan fingerprint density at radius 3 is 1.13 bits per heavy atom. The van der Waals surface area contributed by atoms with Crippen molar-refractivity contribution in [2.75, 3.05) is 7.11 Å². The summed E-state index contributed by atoms with van der Waals surface area (Å²) in [5.41, 5.74) is 20.0. The number of methoxy groups -OCH3 is 1. The van der Waals surface area contributed by atoms with Crippen molar-refractivity contribution < 1.29 is 34.7 Å². The molecule has 0 spiro atoms. The van der Waals surface area contributed by atoms with Crippen LogP contribution in [0.15, 0.2) is 407 Å². The van der Waals surface area contributed by atoms with E-state index in [1.54, 1.807) is 123 Å². The van der Waals surface area contributed by atoms with Crippen molar-refractivity contribution in [3.05, 3.63) is 479 Å². The van der Waals surface area contributed by atoms with Gasteiger partial charge in [-0.25, -0.2) is 58.0 Å². The predicted octanol–water partition coefficient (Wildman–Crippen LogP) is 22.6. The Morgan fingerprint density at radius 2 is 0.669 bits per heavy atom. The molecule has 4 N–H and O–H groups in total. The summed E-state index contributed by atoms with van der Waals surface area (Å²) in [7, 11) is -6.50. The first-order valence-electron chi connectivity index (χ1n) is 45.4. The van der Waals surface area contributed by atoms with Crippen LogP contribution in [0.5, 0.6) is 23.0 Å². The molecule has 21 rings (SSSR count). The van der Waals surface area contributed by atoms with Crippen molar-refractivity contribution in [3.63, 3.8) is 0 Å². The fraction of sp³-hybridized carbons (Fsp3) is 0.0909. The van der Waals surface area contributed by atoms with E-state index in [-0.39, 0.29) is 21.5 Å². The summed E-state index contributed by atoms with van der Waals surface area (Å²) in [4.78, 5) is 25.5. The number of nitrogens with two attached hydrogens (primary N) is 2. The van der Waals surface area contributed by atoms with Gasteiger partial charge in [-0.3, -0.25) is 0 Å². The lowest BCUT2D eigenvalue weighted by molar-refractivity contribution is 0.306. The molecule has 6 heterocycles. The fourth-order valence-electron chi connectivity index (χ4n) is 15.2. The van der Waals surface area contributed by atoms with E-state index in [1.807, 2.05) is 162 Å². The molecule has 0 aliphatic rings. The van der Waals surface area contributed by atoms with Gasteiger partial charge >= 0.3 is 20.6 Å². The summed E-state index contributed by atoms with van der Waals surface area (Å²) < 4.78 is 74.8. The number of halogens is 4. The van der Waals surface area contributed by atoms with Gasteiger partial charge in [-0.1, -0.05) is 247 Å². The minimum absolute atomic E-state index is 0.00773. The SMILES string of the molecule is COc1ccc2cc(-c3cccc(Cn4cncn4)c3)ccc2c1.Clc1cc(-c2cccc(Cn3cncn3)c2)ccc1OCc1ccccc1.N#Cc1ccc(-c2ccc3ccccc3c2)cc1Cn1cncn1.N#Cc1ccc(-c2cccc(Cl)c2)cc1Cn1cncn1.NS(=O)(=O)Oc1ccc(SCc2ccc(Cn3cncn3)cc2)cc1Cl.NS(=O)(=O)Oc1ccc(SCc2cccc(Cn3cncn3)c2)cc1Cl. The Morgan fingerprint density at radius 1 is 0.311 bits per heavy atom. The minimum atomic E-state index is -4.10. The topological polar surface area (TPSA) is 389 Å². The van der Waals surface area contributed by atoms with Gasteiger partial charge in [0.25, 0.3) is 0 Å². The van der Waals surface area contributed by atoms with Gasteiger partial charge in [0.15, 0.2) is 11.5 Å². The van der Waals surface area contributed by atoms with E-state index in [4.69, 9.17) is 66.2 Å². The molecule has 0 radical (unpaired) electrons. The molecule has 0 saturated heterocycles. The fourth-order valence-corrected chi connectivity index (χ4v) is 18.9. The molecular weight excluding hydrogens is 2030 g/mol. The van der Waals surface area contributed by atoms with Crippen molar-refractivity contribution in [1.29, 1.82) is 10.5 Å². The van der Waals surface area contributed by atoms with Crippen LogP contribution in [0.4, 0.5) is 0 Å². The summed E-state index contributed by atoms with van der Waals surface area (Å²) >= 11 is 27.7. The van der Waals surface area contributed by atoms with E-state index >= 15 is 0 Å². The van der Waals surface area contributed by atoms with Crippen molar-refractivity contribution >= 4 is 112 Å². The molecule has 6 aromatic heterocycles. The third kappa shape index (κ3) is 31.3. The van der Waals surface area contributed by atoms with E-state index in [9.17, 15) is 27.4 Å². The lowest BCUT2D eigenvalue weighted by Gasteiger charge is -2.11. The summed E-state index contributed by atoms with van der Waals surface area (Å²) in [5.74, 6) is 3.06. The van der Waals surface area contributed by atoms with E-state index < -0.39 is 20.6 Å². The van der Waals surface area contributed by atoms with E-state index in [0.29, 0.717) is 66.3 Å². The first-order chi connectivity index (χ1) is 72.0. The molecule has 0 unspecified atom stereocenters. The van der Waals surface area contributed by atoms with E-state index in [2.05, 4.69) is 208 Å². The van der Waals surface area contributed by atoms with Crippen molar-refractivity contribution in [3.8, 4) is 79.6 Å². The molecule has 148 heavy (non-hydrogen) atoms. The third-order valence-electron chi connectivity index (χ3n) is 22.3. The Balaban J connectivity index is 0.000000127. The number of benzene rings is 15. The van der Waals surface area contributed by atoms with Gasteiger partial charge in [0.05, 0.1) is 84.7 Å². The van der Waals surface area contributed by atoms with Gasteiger partial charge in [0.1, 0.15) is 94.0 Å². The zero-order chi connectivity index (χ0) is 103. The number of rotatable bonds is 30. The number of ether oxygens (including phenoxy) is 2. The Hall–Kier alpha value is -16.5. The number of hydrogen-bond donors (Lipinski definition) is 2. The molecule has 21 aromatic rings. The molecule has 30 nitrogen and oxygen atoms in total. The normalized spacial score (nSPS) is 10.9. The molecule has 0 fully saturated rings. The summed E-state index contributed by atoms with van der Waals surface area (Å²) in [6.45, 7) is 4.27. The first-order valence-corrected chi connectivity index (χ1v) is 51.8. The number of thioether (sulfide) groups is 2. The molecular formula is C110H90Cl4N22O8S4. The second kappa shape index (κ2) is 51.3. The first kappa shape index (κ1) is 104. The highest BCUT2D eigenvalue weighted by molar-refractivity contribution is 7.98. The monoisotopic (exact) mass is 2110 g/mol. The average molecular weight is 2120 g/mol. The summed E-state index contributed by atoms with van der Waals surface area (Å²) in [5, 5.41) is 59.5. The van der Waals surface area contributed by atoms with Crippen LogP contribution in [0, 0.1) is 22.7 Å². The van der Waals surface area contributed by atoms with Crippen LogP contribution in [0.25, 0.3) is 66.1 Å². The van der Waals surface area contributed by atoms with Crippen molar-refractivity contribution in [1.82, 2.24) is 88.6 Å². The van der Waals surface area contributed by atoms with E-state index in [1.165, 1.54) is 82.0 Å². The molecule has 0 aliphatic carbocycles. The lowest BCUT2D eigenvalue weighted by Crippen LogP contribution is -2.19. The molecule has 15 aromatic carbocycles. The zero-order valence-electron chi connectivity index (χ0n) is 78.9. The summed E-state index contributed by atoms with van der Waals surface area (Å²) in [6.07, 6.45) is 19.2. The largest absolute Gasteiger partial charge is 0.497 e. The van der Waals surface area contributed by atoms with Crippen molar-refractivity contribution in [2.45, 2.75) is 67.2 Å². The Bertz CT molecular complexity index is 8330. The number of nitriles is 2. The number of fused-ring (bicyclic) bond motifs is 2. The highest BCUT2D eigenvalue weighted by Gasteiger charge is 2.17. The van der Waals surface area contributed by atoms with Crippen LogP contribution >= 0.6 is 69.9 Å². The molecule has 0 saturated carbocycles. The number of nitrogens with zero attached hydrogens (tertiary/aromatic N) is 20. The van der Waals surface area contributed by atoms with Gasteiger partial charge in [-0.2, -0.15) is 68.2 Å². The second-order valence-corrected chi connectivity index (χ2v) is 39.0. The van der Waals surface area contributed by atoms with Crippen LogP contribution in [-0.4, -0.2) is 113 Å². The van der Waals surface area contributed by atoms with Crippen LogP contribution in [0.2, 0.25) is 20.1 Å². The maximum absolute atomic E-state index is 11.0. The maximum atomic E-state index is 11.0. The quantitative estimate of drug-likeness (QED) is 0.0395. The van der Waals surface area contributed by atoms with Crippen LogP contribution in [0.1, 0.15) is 61.2 Å². The molecule has 740 valence electrons. The van der Waals surface area contributed by atoms with Gasteiger partial charge in [0.2, 0.25) is 0 Å². The number of aromatic nitrogens is 18. The van der Waals surface area contributed by atoms with Crippen molar-refractivity contribution in [2.24, 2.45) is 10.3 Å². The van der Waals surface area contributed by atoms with Gasteiger partial charge in [-0.15, -0.1) is 23.5 Å². The maximum Gasteiger partial charge on any atom is 0.380 e. The van der Waals surface area contributed by atoms with Crippen LogP contribution in [-0.2, 0) is 78.0 Å². The van der Waals surface area contributed by atoms with Gasteiger partial charge < -0.3 is 17.8 Å². The molecule has 0 atom stereocenters. The van der Waals surface area contributed by atoms with Gasteiger partial charge in [-0.05, 0) is 237 Å². The average Bonchev–Trinajstić information content (AvgIpc) is 0.888. The second-order valence-electron chi connectivity index (χ2n) is 32.9. The molecule has 0 bridgehead atoms. The van der Waals surface area contributed by atoms with E-state index in [0.717, 1.165) is 111 Å². The van der Waals surface area contributed by atoms with Crippen LogP contribution < -0.4 is 28.1 Å². The highest BCUT2D eigenvalue weighted by atomic mass is 35.5. The third-order valence-corrected chi connectivity index (χ3v) is 26.4. The highest BCUT2D eigenvalue weighted by Crippen LogP contribution is 2.38. The molecule has 0 amide bonds. The Labute approximate surface area is 882 Å². The number of hydrogen-bond acceptors (Lipinski definition) is 24. The Kier molecular flexibility index (Phi) is 36.2. The summed E-state index contributed by atoms with van der Waals surface area (Å²) in [6, 6.07) is 110. The van der Waals surface area contributed by atoms with Crippen LogP contribution in [0.3, 0.4) is 0 Å². The standard InChI is InChI=1S/C22H18ClN3O.C20H14N4.C20H17N3O.2C16H15ClN4O3S2.C16H11ClN4/c23-21-12-20(9-10-22(21)27-14-17-5-2-1-3-6-17)19-8-4-7-18(11-19)13-26-16-24-15-25-26;21-11-19-8-7-18(10-20(19)12-24-14-22-13-23-24)17-6-5-15-3-1-2-4-16(15)9-17;1-24-20-8-7-18-10-17(5-6-19(18)11-20)16-4-2-3-15(9-16)12-23-14-21-13-22-23;17-15-7-14(5-6-16(15)24-26(18,22)23)25-9-13-3-1-12(2-4-13)8-21-11-19-10-20-21;17-15-7-14(4-5-16(15)24-26(18,22)23)25-9-13-3-1-2-12(6-13)8-21-11-19-10-20-21;17-16-3-1-2-12(7-16)13-4-5-14(8-18)15(6-13)9-21-11-19-10-20-21/h1-12,15-16H,13-14H2;1-10,13-14H,12H2;2-11,13-14H,12H2,1H3;2*1-7,10-11H,8-9H2,(H2,18,22,23);1-7,10-11H,9H2. The minimum Gasteiger partial charge on any atom is -0.497 e. The molecule has 0 aliphatic heterocycles. The molecule has 38 heteroatoms. The lowest BCUT2D eigenvalue weighted by atomic mass is 9.97. The smallest absolute Gasteiger partial charge is 0.380 e. The zero-order valence-corrected chi connectivity index (χ0v) is 85.2. The predicted molar refractivity (Wildman–Crippen MR) is 576 cm³/mol. The van der Waals surface area contributed by atoms with Gasteiger partial charge in [0, 0.05) is 26.3 Å².